The van der Waals surface area contributed by atoms with Gasteiger partial charge in [-0.3, -0.25) is 4.79 Å². The molecule has 108 valence electrons. The number of amides is 1. The van der Waals surface area contributed by atoms with Crippen molar-refractivity contribution in [1.82, 2.24) is 0 Å². The smallest absolute Gasteiger partial charge is 0.339 e. The summed E-state index contributed by atoms with van der Waals surface area (Å²) < 4.78 is 0. The number of hydrogen-bond donors (Lipinski definition) is 3. The predicted molar refractivity (Wildman–Crippen MR) is 78.9 cm³/mol. The Morgan fingerprint density at radius 3 is 2.38 bits per heavy atom. The summed E-state index contributed by atoms with van der Waals surface area (Å²) in [5.74, 6) is -2.11. The highest BCUT2D eigenvalue weighted by molar-refractivity contribution is 6.07. The molecule has 1 amide bonds. The molecule has 0 aliphatic carbocycles. The Labute approximate surface area is 121 Å². The fourth-order valence-electron chi connectivity index (χ4n) is 2.07. The second-order valence-corrected chi connectivity index (χ2v) is 4.78. The van der Waals surface area contributed by atoms with E-state index in [0.717, 1.165) is 11.1 Å². The lowest BCUT2D eigenvalue weighted by Gasteiger charge is -2.11. The molecule has 5 heteroatoms. The number of phenols is 1. The molecule has 0 spiro atoms. The van der Waals surface area contributed by atoms with E-state index in [1.54, 1.807) is 6.07 Å². The Kier molecular flexibility index (Phi) is 3.93. The molecule has 0 atom stereocenters. The van der Waals surface area contributed by atoms with Gasteiger partial charge in [0.2, 0.25) is 0 Å². The van der Waals surface area contributed by atoms with E-state index in [1.165, 1.54) is 18.2 Å². The van der Waals surface area contributed by atoms with Gasteiger partial charge in [0.1, 0.15) is 5.56 Å². The Morgan fingerprint density at radius 2 is 1.76 bits per heavy atom. The van der Waals surface area contributed by atoms with E-state index >= 15 is 0 Å². The molecule has 0 aliphatic heterocycles. The van der Waals surface area contributed by atoms with Crippen LogP contribution in [0.4, 0.5) is 5.69 Å². The number of carboxylic acids is 1. The molecule has 0 saturated heterocycles. The van der Waals surface area contributed by atoms with Gasteiger partial charge in [0.15, 0.2) is 5.75 Å². The van der Waals surface area contributed by atoms with Crippen LogP contribution in [0.25, 0.3) is 0 Å². The van der Waals surface area contributed by atoms with E-state index in [0.29, 0.717) is 5.56 Å². The molecule has 0 bridgehead atoms. The molecule has 0 aromatic heterocycles. The van der Waals surface area contributed by atoms with Gasteiger partial charge in [-0.2, -0.15) is 0 Å². The van der Waals surface area contributed by atoms with Gasteiger partial charge in [-0.1, -0.05) is 23.8 Å². The van der Waals surface area contributed by atoms with Crippen molar-refractivity contribution in [3.63, 3.8) is 0 Å². The maximum Gasteiger partial charge on any atom is 0.339 e. The molecule has 0 unspecified atom stereocenters. The molecule has 0 radical (unpaired) electrons. The minimum Gasteiger partial charge on any atom is -0.505 e. The average molecular weight is 285 g/mol. The number of aromatic hydroxyl groups is 1. The van der Waals surface area contributed by atoms with Crippen molar-refractivity contribution in [2.24, 2.45) is 0 Å². The zero-order chi connectivity index (χ0) is 15.6. The second kappa shape index (κ2) is 5.66. The summed E-state index contributed by atoms with van der Waals surface area (Å²) in [7, 11) is 0. The minimum atomic E-state index is -1.25. The van der Waals surface area contributed by atoms with E-state index < -0.39 is 17.6 Å². The van der Waals surface area contributed by atoms with Crippen molar-refractivity contribution in [2.45, 2.75) is 13.8 Å². The largest absolute Gasteiger partial charge is 0.505 e. The number of carbonyl (C=O) groups is 2. The summed E-state index contributed by atoms with van der Waals surface area (Å²) in [5, 5.41) is 21.3. The van der Waals surface area contributed by atoms with E-state index in [-0.39, 0.29) is 11.3 Å². The van der Waals surface area contributed by atoms with Gasteiger partial charge in [-0.25, -0.2) is 4.79 Å². The molecule has 2 aromatic carbocycles. The van der Waals surface area contributed by atoms with Crippen LogP contribution in [0.15, 0.2) is 36.4 Å². The van der Waals surface area contributed by atoms with E-state index in [2.05, 4.69) is 5.32 Å². The molecule has 2 aromatic rings. The highest BCUT2D eigenvalue weighted by Gasteiger charge is 2.16. The summed E-state index contributed by atoms with van der Waals surface area (Å²) in [6.07, 6.45) is 0. The quantitative estimate of drug-likeness (QED) is 0.757. The Balaban J connectivity index is 2.32. The van der Waals surface area contributed by atoms with E-state index in [1.807, 2.05) is 26.0 Å². The van der Waals surface area contributed by atoms with Gasteiger partial charge in [0.05, 0.1) is 5.69 Å². The van der Waals surface area contributed by atoms with Gasteiger partial charge in [0, 0.05) is 5.56 Å². The van der Waals surface area contributed by atoms with Crippen LogP contribution < -0.4 is 5.32 Å². The molecule has 0 saturated carbocycles. The number of benzene rings is 2. The topological polar surface area (TPSA) is 86.6 Å². The zero-order valence-electron chi connectivity index (χ0n) is 11.7. The Bertz CT molecular complexity index is 722. The zero-order valence-corrected chi connectivity index (χ0v) is 11.7. The van der Waals surface area contributed by atoms with Crippen LogP contribution in [0, 0.1) is 13.8 Å². The molecular formula is C16H15NO4. The van der Waals surface area contributed by atoms with Crippen LogP contribution in [0.3, 0.4) is 0 Å². The molecule has 21 heavy (non-hydrogen) atoms. The average Bonchev–Trinajstić information content (AvgIpc) is 2.40. The molecule has 3 N–H and O–H groups in total. The third kappa shape index (κ3) is 3.02. The summed E-state index contributed by atoms with van der Waals surface area (Å²) in [5.41, 5.74) is 2.13. The number of para-hydroxylation sites is 1. The standard InChI is InChI=1S/C16H15NO4/c1-9-6-7-11(10(2)8-9)15(19)17-13-5-3-4-12(14(13)18)16(20)21/h3-8,18H,1-2H3,(H,17,19)(H,20,21). The number of carbonyl (C=O) groups excluding carboxylic acids is 1. The van der Waals surface area contributed by atoms with Crippen LogP contribution in [-0.2, 0) is 0 Å². The number of carboxylic acid groups (broad SMARTS) is 1. The van der Waals surface area contributed by atoms with Gasteiger partial charge < -0.3 is 15.5 Å². The lowest BCUT2D eigenvalue weighted by Crippen LogP contribution is -2.14. The normalized spacial score (nSPS) is 10.2. The number of rotatable bonds is 3. The summed E-state index contributed by atoms with van der Waals surface area (Å²) in [6.45, 7) is 3.74. The van der Waals surface area contributed by atoms with Crippen LogP contribution in [0.2, 0.25) is 0 Å². The third-order valence-electron chi connectivity index (χ3n) is 3.14. The van der Waals surface area contributed by atoms with Gasteiger partial charge in [0.25, 0.3) is 5.91 Å². The molecule has 0 heterocycles. The Morgan fingerprint density at radius 1 is 1.05 bits per heavy atom. The van der Waals surface area contributed by atoms with E-state index in [4.69, 9.17) is 5.11 Å². The fourth-order valence-corrected chi connectivity index (χ4v) is 2.07. The van der Waals surface area contributed by atoms with Crippen LogP contribution in [0.1, 0.15) is 31.8 Å². The fraction of sp³-hybridized carbons (Fsp3) is 0.125. The molecule has 0 aliphatic rings. The highest BCUT2D eigenvalue weighted by Crippen LogP contribution is 2.28. The van der Waals surface area contributed by atoms with Crippen molar-refractivity contribution in [1.29, 1.82) is 0 Å². The number of hydrogen-bond acceptors (Lipinski definition) is 3. The maximum absolute atomic E-state index is 12.2. The lowest BCUT2D eigenvalue weighted by atomic mass is 10.0. The summed E-state index contributed by atoms with van der Waals surface area (Å²) in [4.78, 5) is 23.2. The predicted octanol–water partition coefficient (Wildman–Crippen LogP) is 2.96. The first-order chi connectivity index (χ1) is 9.90. The Hall–Kier alpha value is -2.82. The van der Waals surface area contributed by atoms with Crippen molar-refractivity contribution in [2.75, 3.05) is 5.32 Å². The second-order valence-electron chi connectivity index (χ2n) is 4.78. The maximum atomic E-state index is 12.2. The van der Waals surface area contributed by atoms with Crippen LogP contribution in [0.5, 0.6) is 5.75 Å². The molecule has 2 rings (SSSR count). The van der Waals surface area contributed by atoms with Crippen molar-refractivity contribution in [3.05, 3.63) is 58.7 Å². The SMILES string of the molecule is Cc1ccc(C(=O)Nc2cccc(C(=O)O)c2O)c(C)c1. The molecular weight excluding hydrogens is 270 g/mol. The van der Waals surface area contributed by atoms with Crippen LogP contribution in [-0.4, -0.2) is 22.1 Å². The first-order valence-corrected chi connectivity index (χ1v) is 6.34. The number of nitrogens with one attached hydrogen (secondary N) is 1. The van der Waals surface area contributed by atoms with Gasteiger partial charge in [-0.15, -0.1) is 0 Å². The van der Waals surface area contributed by atoms with E-state index in [9.17, 15) is 14.7 Å². The third-order valence-corrected chi connectivity index (χ3v) is 3.14. The number of aromatic carboxylic acids is 1. The van der Waals surface area contributed by atoms with Gasteiger partial charge >= 0.3 is 5.97 Å². The summed E-state index contributed by atoms with van der Waals surface area (Å²) >= 11 is 0. The first kappa shape index (κ1) is 14.6. The number of anilines is 1. The summed E-state index contributed by atoms with van der Waals surface area (Å²) in [6, 6.07) is 9.56. The van der Waals surface area contributed by atoms with Crippen molar-refractivity contribution < 1.29 is 19.8 Å². The highest BCUT2D eigenvalue weighted by atomic mass is 16.4. The lowest BCUT2D eigenvalue weighted by molar-refractivity contribution is 0.0693. The molecule has 0 fully saturated rings. The minimum absolute atomic E-state index is 0.0693. The van der Waals surface area contributed by atoms with Crippen LogP contribution >= 0.6 is 0 Å². The first-order valence-electron chi connectivity index (χ1n) is 6.34. The van der Waals surface area contributed by atoms with Crippen molar-refractivity contribution >= 4 is 17.6 Å². The van der Waals surface area contributed by atoms with Gasteiger partial charge in [-0.05, 0) is 37.6 Å². The monoisotopic (exact) mass is 285 g/mol. The number of aryl methyl sites for hydroxylation is 2. The van der Waals surface area contributed by atoms with Crippen molar-refractivity contribution in [3.8, 4) is 5.75 Å². The molecule has 5 nitrogen and oxygen atoms in total.